The van der Waals surface area contributed by atoms with Gasteiger partial charge in [-0.2, -0.15) is 0 Å². The van der Waals surface area contributed by atoms with Crippen LogP contribution in [0.15, 0.2) is 24.3 Å². The van der Waals surface area contributed by atoms with Crippen LogP contribution in [0.3, 0.4) is 0 Å². The van der Waals surface area contributed by atoms with Crippen LogP contribution in [0.2, 0.25) is 0 Å². The van der Waals surface area contributed by atoms with Gasteiger partial charge in [0.2, 0.25) is 0 Å². The minimum Gasteiger partial charge on any atom is -0.497 e. The molecule has 0 unspecified atom stereocenters. The zero-order chi connectivity index (χ0) is 24.1. The van der Waals surface area contributed by atoms with Crippen molar-refractivity contribution in [2.24, 2.45) is 17.3 Å². The van der Waals surface area contributed by atoms with Crippen LogP contribution in [0.25, 0.3) is 0 Å². The van der Waals surface area contributed by atoms with Crippen molar-refractivity contribution >= 4 is 11.7 Å². The predicted molar refractivity (Wildman–Crippen MR) is 130 cm³/mol. The fraction of sp³-hybridized carbons (Fsp3) is 0.741. The SMILES string of the molecule is COc1cccc(N2CCN(C[C@H]3C(=O)O[C@@H]4C[C@@]5(C)CCC[C@@](C)(OC)[C@]5(O)C[C@H]43)CC2)c1. The van der Waals surface area contributed by atoms with Crippen LogP contribution in [0.1, 0.15) is 46.0 Å². The molecule has 7 nitrogen and oxygen atoms in total. The molecule has 2 aliphatic carbocycles. The Morgan fingerprint density at radius 1 is 1.12 bits per heavy atom. The minimum atomic E-state index is -0.953. The first-order chi connectivity index (χ1) is 16.2. The number of methoxy groups -OCH3 is 2. The van der Waals surface area contributed by atoms with Crippen molar-refractivity contribution in [2.75, 3.05) is 51.8 Å². The van der Waals surface area contributed by atoms with Gasteiger partial charge in [-0.15, -0.1) is 0 Å². The number of hydrogen-bond acceptors (Lipinski definition) is 7. The highest BCUT2D eigenvalue weighted by Crippen LogP contribution is 2.61. The predicted octanol–water partition coefficient (Wildman–Crippen LogP) is 3.10. The Kier molecular flexibility index (Phi) is 6.10. The second-order valence-electron chi connectivity index (χ2n) is 11.4. The van der Waals surface area contributed by atoms with Gasteiger partial charge in [-0.25, -0.2) is 0 Å². The molecule has 2 saturated carbocycles. The van der Waals surface area contributed by atoms with E-state index in [1.54, 1.807) is 14.2 Å². The lowest BCUT2D eigenvalue weighted by molar-refractivity contribution is -0.270. The molecule has 188 valence electrons. The summed E-state index contributed by atoms with van der Waals surface area (Å²) in [6.45, 7) is 8.53. The second kappa shape index (κ2) is 8.68. The summed E-state index contributed by atoms with van der Waals surface area (Å²) < 4.78 is 17.3. The van der Waals surface area contributed by atoms with E-state index in [1.807, 2.05) is 12.1 Å². The monoisotopic (exact) mass is 472 g/mol. The zero-order valence-corrected chi connectivity index (χ0v) is 21.1. The topological polar surface area (TPSA) is 71.5 Å². The van der Waals surface area contributed by atoms with Gasteiger partial charge in [-0.1, -0.05) is 13.0 Å². The van der Waals surface area contributed by atoms with Crippen molar-refractivity contribution < 1.29 is 24.1 Å². The number of benzene rings is 1. The van der Waals surface area contributed by atoms with Crippen molar-refractivity contribution in [2.45, 2.75) is 63.3 Å². The van der Waals surface area contributed by atoms with Gasteiger partial charge in [0, 0.05) is 62.9 Å². The Bertz CT molecular complexity index is 918. The summed E-state index contributed by atoms with van der Waals surface area (Å²) in [4.78, 5) is 17.8. The highest BCUT2D eigenvalue weighted by atomic mass is 16.6. The summed E-state index contributed by atoms with van der Waals surface area (Å²) in [7, 11) is 3.41. The molecule has 34 heavy (non-hydrogen) atoms. The van der Waals surface area contributed by atoms with Gasteiger partial charge in [-0.3, -0.25) is 9.69 Å². The zero-order valence-electron chi connectivity index (χ0n) is 21.1. The fourth-order valence-electron chi connectivity index (χ4n) is 7.37. The molecule has 7 heteroatoms. The van der Waals surface area contributed by atoms with Gasteiger partial charge in [0.25, 0.3) is 0 Å². The maximum Gasteiger partial charge on any atom is 0.310 e. The number of hydrogen-bond donors (Lipinski definition) is 1. The van der Waals surface area contributed by atoms with Crippen LogP contribution in [0.5, 0.6) is 5.75 Å². The summed E-state index contributed by atoms with van der Waals surface area (Å²) in [5.74, 6) is 0.627. The smallest absolute Gasteiger partial charge is 0.310 e. The van der Waals surface area contributed by atoms with E-state index >= 15 is 0 Å². The Morgan fingerprint density at radius 3 is 2.59 bits per heavy atom. The Balaban J connectivity index is 1.27. The maximum absolute atomic E-state index is 13.0. The normalized spacial score (nSPS) is 40.4. The number of aliphatic hydroxyl groups is 1. The molecule has 2 heterocycles. The summed E-state index contributed by atoms with van der Waals surface area (Å²) in [6, 6.07) is 8.18. The number of piperazine rings is 1. The molecule has 4 aliphatic rings. The summed E-state index contributed by atoms with van der Waals surface area (Å²) >= 11 is 0. The van der Waals surface area contributed by atoms with Crippen molar-refractivity contribution in [1.82, 2.24) is 4.90 Å². The third kappa shape index (κ3) is 3.71. The van der Waals surface area contributed by atoms with Crippen LogP contribution in [-0.2, 0) is 14.3 Å². The highest BCUT2D eigenvalue weighted by molar-refractivity contribution is 5.75. The molecule has 2 aliphatic heterocycles. The standard InChI is InChI=1S/C27H40N2O5/c1-25-9-6-10-26(2,33-4)27(25,31)16-21-22(24(30)34-23(21)17-25)18-28-11-13-29(14-12-28)19-7-5-8-20(15-19)32-3/h5,7-8,15,21-23,31H,6,9-14,16-18H2,1-4H3/t21-,22+,23+,25+,26+,27-/m0/s1. The molecule has 6 atom stereocenters. The molecular formula is C27H40N2O5. The van der Waals surface area contributed by atoms with Gasteiger partial charge in [0.15, 0.2) is 0 Å². The van der Waals surface area contributed by atoms with E-state index in [-0.39, 0.29) is 29.3 Å². The first-order valence-corrected chi connectivity index (χ1v) is 12.8. The van der Waals surface area contributed by atoms with Crippen molar-refractivity contribution in [3.8, 4) is 5.75 Å². The molecule has 0 bridgehead atoms. The molecule has 1 aromatic carbocycles. The number of anilines is 1. The fourth-order valence-corrected chi connectivity index (χ4v) is 7.37. The number of carbonyl (C=O) groups excluding carboxylic acids is 1. The average Bonchev–Trinajstić information content (AvgIpc) is 3.12. The summed E-state index contributed by atoms with van der Waals surface area (Å²) in [5.41, 5.74) is -0.673. The van der Waals surface area contributed by atoms with E-state index in [9.17, 15) is 9.90 Å². The summed E-state index contributed by atoms with van der Waals surface area (Å²) in [5, 5.41) is 12.1. The first kappa shape index (κ1) is 23.9. The number of nitrogens with zero attached hydrogens (tertiary/aromatic N) is 2. The third-order valence-electron chi connectivity index (χ3n) is 9.70. The average molecular weight is 473 g/mol. The van der Waals surface area contributed by atoms with Crippen LogP contribution in [-0.4, -0.2) is 80.2 Å². The van der Waals surface area contributed by atoms with E-state index in [0.29, 0.717) is 13.0 Å². The lowest BCUT2D eigenvalue weighted by atomic mass is 9.49. The quantitative estimate of drug-likeness (QED) is 0.661. The largest absolute Gasteiger partial charge is 0.497 e. The molecule has 0 amide bonds. The van der Waals surface area contributed by atoms with Gasteiger partial charge < -0.3 is 24.2 Å². The second-order valence-corrected chi connectivity index (χ2v) is 11.4. The van der Waals surface area contributed by atoms with Crippen molar-refractivity contribution in [3.05, 3.63) is 24.3 Å². The van der Waals surface area contributed by atoms with Gasteiger partial charge in [-0.05, 0) is 51.2 Å². The number of ether oxygens (including phenoxy) is 3. The van der Waals surface area contributed by atoms with Gasteiger partial charge in [0.1, 0.15) is 11.9 Å². The Hall–Kier alpha value is -1.83. The highest BCUT2D eigenvalue weighted by Gasteiger charge is 2.67. The minimum absolute atomic E-state index is 0.0366. The van der Waals surface area contributed by atoms with Gasteiger partial charge in [0.05, 0.1) is 24.2 Å². The van der Waals surface area contributed by atoms with Crippen LogP contribution < -0.4 is 9.64 Å². The van der Waals surface area contributed by atoms with Crippen LogP contribution >= 0.6 is 0 Å². The summed E-state index contributed by atoms with van der Waals surface area (Å²) in [6.07, 6.45) is 4.01. The van der Waals surface area contributed by atoms with Crippen LogP contribution in [0.4, 0.5) is 5.69 Å². The molecule has 1 aromatic rings. The molecule has 0 radical (unpaired) electrons. The van der Waals surface area contributed by atoms with Gasteiger partial charge >= 0.3 is 5.97 Å². The molecule has 4 fully saturated rings. The molecule has 0 aromatic heterocycles. The van der Waals surface area contributed by atoms with E-state index < -0.39 is 11.2 Å². The number of fused-ring (bicyclic) bond motifs is 2. The molecule has 2 saturated heterocycles. The lowest BCUT2D eigenvalue weighted by Crippen LogP contribution is -2.69. The Morgan fingerprint density at radius 2 is 1.88 bits per heavy atom. The van der Waals surface area contributed by atoms with E-state index in [1.165, 1.54) is 5.69 Å². The number of esters is 1. The van der Waals surface area contributed by atoms with Crippen molar-refractivity contribution in [3.63, 3.8) is 0 Å². The van der Waals surface area contributed by atoms with E-state index in [2.05, 4.69) is 35.8 Å². The van der Waals surface area contributed by atoms with Crippen molar-refractivity contribution in [1.29, 1.82) is 0 Å². The van der Waals surface area contributed by atoms with E-state index in [4.69, 9.17) is 14.2 Å². The molecule has 5 rings (SSSR count). The molecule has 1 N–H and O–H groups in total. The molecule has 0 spiro atoms. The molecular weight excluding hydrogens is 432 g/mol. The first-order valence-electron chi connectivity index (χ1n) is 12.8. The maximum atomic E-state index is 13.0. The lowest BCUT2D eigenvalue weighted by Gasteiger charge is -2.62. The van der Waals surface area contributed by atoms with E-state index in [0.717, 1.165) is 57.6 Å². The Labute approximate surface area is 203 Å². The number of carbonyl (C=O) groups is 1. The third-order valence-corrected chi connectivity index (χ3v) is 9.70. The number of rotatable bonds is 5. The van der Waals surface area contributed by atoms with Crippen LogP contribution in [0, 0.1) is 17.3 Å².